The predicted molar refractivity (Wildman–Crippen MR) is 106 cm³/mol. The monoisotopic (exact) mass is 418 g/mol. The number of esters is 1. The number of cyclic esters (lactones) is 1. The van der Waals surface area contributed by atoms with Crippen LogP contribution in [-0.4, -0.2) is 73.9 Å². The van der Waals surface area contributed by atoms with Crippen LogP contribution in [0.2, 0.25) is 0 Å². The number of aliphatic hydroxyl groups is 5. The van der Waals surface area contributed by atoms with Crippen molar-refractivity contribution in [1.82, 2.24) is 0 Å². The first-order valence-electron chi connectivity index (χ1n) is 10.4. The van der Waals surface area contributed by atoms with Crippen LogP contribution in [0.15, 0.2) is 0 Å². The first-order chi connectivity index (χ1) is 13.3. The molecule has 170 valence electrons. The summed E-state index contributed by atoms with van der Waals surface area (Å²) in [4.78, 5) is 25.5. The molecule has 0 aromatic rings. The Labute approximate surface area is 172 Å². The quantitative estimate of drug-likeness (QED) is 0.402. The molecule has 0 aliphatic carbocycles. The lowest BCUT2D eigenvalue weighted by Crippen LogP contribution is -2.53. The van der Waals surface area contributed by atoms with Gasteiger partial charge in [0.2, 0.25) is 0 Å². The topological polar surface area (TPSA) is 145 Å². The molecule has 1 aliphatic rings. The summed E-state index contributed by atoms with van der Waals surface area (Å²) in [6, 6.07) is 0. The van der Waals surface area contributed by atoms with Gasteiger partial charge in [0.05, 0.1) is 30.8 Å². The second-order valence-electron chi connectivity index (χ2n) is 8.89. The van der Waals surface area contributed by atoms with Gasteiger partial charge in [0.15, 0.2) is 5.78 Å². The van der Waals surface area contributed by atoms with E-state index in [-0.39, 0.29) is 6.42 Å². The van der Waals surface area contributed by atoms with E-state index in [0.29, 0.717) is 6.42 Å². The highest BCUT2D eigenvalue weighted by molar-refractivity contribution is 5.89. The van der Waals surface area contributed by atoms with Crippen molar-refractivity contribution in [1.29, 1.82) is 0 Å². The second kappa shape index (κ2) is 10.3. The molecule has 0 bridgehead atoms. The summed E-state index contributed by atoms with van der Waals surface area (Å²) in [6.45, 7) is 8.71. The summed E-state index contributed by atoms with van der Waals surface area (Å²) in [5.74, 6) is -5.34. The van der Waals surface area contributed by atoms with E-state index >= 15 is 0 Å². The lowest BCUT2D eigenvalue weighted by molar-refractivity contribution is -0.169. The number of ether oxygens (including phenoxy) is 1. The first kappa shape index (κ1) is 26.0. The maximum atomic E-state index is 12.9. The Hall–Kier alpha value is -1.06. The van der Waals surface area contributed by atoms with Crippen LogP contribution in [0.1, 0.15) is 54.4 Å². The van der Waals surface area contributed by atoms with E-state index in [1.807, 2.05) is 0 Å². The maximum absolute atomic E-state index is 12.9. The molecule has 5 N–H and O–H groups in total. The Balaban J connectivity index is 3.38. The van der Waals surface area contributed by atoms with Crippen LogP contribution in [0.4, 0.5) is 0 Å². The van der Waals surface area contributed by atoms with Gasteiger partial charge in [-0.25, -0.2) is 0 Å². The van der Waals surface area contributed by atoms with Gasteiger partial charge in [-0.3, -0.25) is 9.59 Å². The van der Waals surface area contributed by atoms with E-state index in [1.54, 1.807) is 27.7 Å². The molecule has 0 aromatic carbocycles. The molecule has 8 heteroatoms. The highest BCUT2D eigenvalue weighted by Crippen LogP contribution is 2.32. The minimum atomic E-state index is -2.14. The standard InChI is InChI=1S/C21H38O8/c1-7-15-11(3)17(24)13(5)19(26)21(28,9-22)8-10(2)16(23)12(4)18(25)14(6)20(27)29-15/h10-18,22-25,28H,7-9H2,1-6H3. The minimum absolute atomic E-state index is 0.248. The van der Waals surface area contributed by atoms with Crippen molar-refractivity contribution < 1.29 is 39.9 Å². The van der Waals surface area contributed by atoms with Crippen molar-refractivity contribution in [3.05, 3.63) is 0 Å². The van der Waals surface area contributed by atoms with Crippen molar-refractivity contribution >= 4 is 11.8 Å². The van der Waals surface area contributed by atoms with E-state index in [4.69, 9.17) is 4.74 Å². The zero-order chi connectivity index (χ0) is 22.7. The van der Waals surface area contributed by atoms with Crippen LogP contribution < -0.4 is 0 Å². The van der Waals surface area contributed by atoms with E-state index < -0.39 is 78.0 Å². The van der Waals surface area contributed by atoms with Gasteiger partial charge in [-0.2, -0.15) is 0 Å². The Morgan fingerprint density at radius 1 is 0.931 bits per heavy atom. The van der Waals surface area contributed by atoms with E-state index in [1.165, 1.54) is 13.8 Å². The third kappa shape index (κ3) is 5.55. The summed E-state index contributed by atoms with van der Waals surface area (Å²) >= 11 is 0. The number of ketones is 1. The largest absolute Gasteiger partial charge is 0.462 e. The van der Waals surface area contributed by atoms with E-state index in [0.717, 1.165) is 0 Å². The van der Waals surface area contributed by atoms with Crippen LogP contribution >= 0.6 is 0 Å². The van der Waals surface area contributed by atoms with Crippen LogP contribution in [-0.2, 0) is 14.3 Å². The van der Waals surface area contributed by atoms with Crippen LogP contribution in [0.3, 0.4) is 0 Å². The van der Waals surface area contributed by atoms with Gasteiger partial charge < -0.3 is 30.3 Å². The van der Waals surface area contributed by atoms with Gasteiger partial charge in [0.25, 0.3) is 0 Å². The molecule has 1 rings (SSSR count). The average Bonchev–Trinajstić information content (AvgIpc) is 2.71. The zero-order valence-corrected chi connectivity index (χ0v) is 18.3. The molecule has 10 atom stereocenters. The molecule has 0 radical (unpaired) electrons. The zero-order valence-electron chi connectivity index (χ0n) is 18.3. The predicted octanol–water partition coefficient (Wildman–Crippen LogP) is 0.268. The molecule has 1 aliphatic heterocycles. The number of Topliss-reactive ketones (excluding diaryl/α,β-unsaturated/α-hetero) is 1. The van der Waals surface area contributed by atoms with Crippen molar-refractivity contribution in [2.45, 2.75) is 84.4 Å². The molecule has 0 saturated carbocycles. The summed E-state index contributed by atoms with van der Waals surface area (Å²) in [6.07, 6.45) is -4.14. The lowest BCUT2D eigenvalue weighted by atomic mass is 9.74. The maximum Gasteiger partial charge on any atom is 0.311 e. The minimum Gasteiger partial charge on any atom is -0.462 e. The number of hydrogen-bond acceptors (Lipinski definition) is 8. The molecule has 8 nitrogen and oxygen atoms in total. The Morgan fingerprint density at radius 2 is 1.45 bits per heavy atom. The smallest absolute Gasteiger partial charge is 0.311 e. The Kier molecular flexibility index (Phi) is 9.23. The molecule has 29 heavy (non-hydrogen) atoms. The Morgan fingerprint density at radius 3 is 1.93 bits per heavy atom. The molecule has 1 saturated heterocycles. The summed E-state index contributed by atoms with van der Waals surface area (Å²) in [5, 5.41) is 52.5. The number of aliphatic hydroxyl groups excluding tert-OH is 4. The highest BCUT2D eigenvalue weighted by Gasteiger charge is 2.46. The lowest BCUT2D eigenvalue weighted by Gasteiger charge is -2.38. The molecular formula is C21H38O8. The molecule has 0 aromatic heterocycles. The number of hydrogen-bond donors (Lipinski definition) is 5. The molecule has 0 amide bonds. The van der Waals surface area contributed by atoms with Gasteiger partial charge in [0.1, 0.15) is 11.7 Å². The second-order valence-corrected chi connectivity index (χ2v) is 8.89. The number of carbonyl (C=O) groups is 2. The average molecular weight is 419 g/mol. The van der Waals surface area contributed by atoms with E-state index in [2.05, 4.69) is 0 Å². The molecule has 0 spiro atoms. The normalized spacial score (nSPS) is 46.1. The molecular weight excluding hydrogens is 380 g/mol. The van der Waals surface area contributed by atoms with Crippen LogP contribution in [0.25, 0.3) is 0 Å². The summed E-state index contributed by atoms with van der Waals surface area (Å²) in [5.41, 5.74) is -2.14. The third-order valence-corrected chi connectivity index (χ3v) is 6.65. The Bertz CT molecular complexity index is 567. The van der Waals surface area contributed by atoms with Gasteiger partial charge >= 0.3 is 5.97 Å². The van der Waals surface area contributed by atoms with Crippen LogP contribution in [0.5, 0.6) is 0 Å². The molecule has 10 unspecified atom stereocenters. The number of rotatable bonds is 2. The molecule has 1 fully saturated rings. The molecule has 1 heterocycles. The van der Waals surface area contributed by atoms with Gasteiger partial charge in [-0.15, -0.1) is 0 Å². The highest BCUT2D eigenvalue weighted by atomic mass is 16.5. The van der Waals surface area contributed by atoms with Gasteiger partial charge in [0, 0.05) is 17.8 Å². The van der Waals surface area contributed by atoms with E-state index in [9.17, 15) is 35.1 Å². The number of carbonyl (C=O) groups excluding carboxylic acids is 2. The summed E-state index contributed by atoms with van der Waals surface area (Å²) in [7, 11) is 0. The summed E-state index contributed by atoms with van der Waals surface area (Å²) < 4.78 is 5.52. The van der Waals surface area contributed by atoms with Crippen molar-refractivity contribution in [2.75, 3.05) is 6.61 Å². The fourth-order valence-electron chi connectivity index (χ4n) is 4.28. The van der Waals surface area contributed by atoms with Gasteiger partial charge in [-0.05, 0) is 25.7 Å². The first-order valence-corrected chi connectivity index (χ1v) is 10.4. The van der Waals surface area contributed by atoms with Crippen molar-refractivity contribution in [2.24, 2.45) is 29.6 Å². The van der Waals surface area contributed by atoms with Crippen LogP contribution in [0, 0.1) is 29.6 Å². The fraction of sp³-hybridized carbons (Fsp3) is 0.905. The van der Waals surface area contributed by atoms with Crippen molar-refractivity contribution in [3.8, 4) is 0 Å². The SMILES string of the molecule is CCC1OC(=O)C(C)C(O)C(C)C(O)C(C)CC(O)(CO)C(=O)C(C)C(O)C1C. The fourth-order valence-corrected chi connectivity index (χ4v) is 4.28. The third-order valence-electron chi connectivity index (χ3n) is 6.65. The van der Waals surface area contributed by atoms with Crippen molar-refractivity contribution in [3.63, 3.8) is 0 Å². The van der Waals surface area contributed by atoms with Gasteiger partial charge in [-0.1, -0.05) is 34.6 Å².